The molecule has 0 saturated heterocycles. The van der Waals surface area contributed by atoms with Crippen LogP contribution in [0, 0.1) is 0 Å². The Morgan fingerprint density at radius 1 is 1.33 bits per heavy atom. The molecule has 0 aromatic carbocycles. The van der Waals surface area contributed by atoms with E-state index in [-0.39, 0.29) is 5.91 Å². The molecule has 3 rings (SSSR count). The molecule has 0 aliphatic rings. The number of thiophene rings is 1. The number of hydrogen-bond donors (Lipinski definition) is 1. The standard InChI is InChI=1S/C16H15ClN4OS2/c1-21(2)14-7-10(5-6-18-14)8-19-15(22)11-9-23-16(20-11)12-3-4-13(17)24-12/h3-7,9H,8H2,1-2H3,(H,19,22). The van der Waals surface area contributed by atoms with E-state index in [0.717, 1.165) is 21.3 Å². The summed E-state index contributed by atoms with van der Waals surface area (Å²) in [4.78, 5) is 23.8. The molecule has 0 radical (unpaired) electrons. The number of rotatable bonds is 5. The number of nitrogens with one attached hydrogen (secondary N) is 1. The third-order valence-electron chi connectivity index (χ3n) is 3.24. The molecule has 3 aromatic rings. The Bertz CT molecular complexity index is 859. The minimum absolute atomic E-state index is 0.191. The van der Waals surface area contributed by atoms with E-state index in [1.54, 1.807) is 11.6 Å². The number of carbonyl (C=O) groups excluding carboxylic acids is 1. The van der Waals surface area contributed by atoms with Gasteiger partial charge in [0.1, 0.15) is 16.5 Å². The molecule has 24 heavy (non-hydrogen) atoms. The van der Waals surface area contributed by atoms with Crippen LogP contribution in [-0.4, -0.2) is 30.0 Å². The molecule has 124 valence electrons. The fourth-order valence-electron chi connectivity index (χ4n) is 2.01. The van der Waals surface area contributed by atoms with Gasteiger partial charge in [0.2, 0.25) is 0 Å². The van der Waals surface area contributed by atoms with Crippen LogP contribution in [0.15, 0.2) is 35.8 Å². The van der Waals surface area contributed by atoms with Gasteiger partial charge in [-0.15, -0.1) is 22.7 Å². The third-order valence-corrected chi connectivity index (χ3v) is 5.48. The van der Waals surface area contributed by atoms with Crippen LogP contribution in [-0.2, 0) is 6.54 Å². The van der Waals surface area contributed by atoms with Gasteiger partial charge >= 0.3 is 0 Å². The zero-order chi connectivity index (χ0) is 17.1. The highest BCUT2D eigenvalue weighted by atomic mass is 35.5. The number of pyridine rings is 1. The lowest BCUT2D eigenvalue weighted by molar-refractivity contribution is 0.0946. The van der Waals surface area contributed by atoms with Crippen molar-refractivity contribution in [1.82, 2.24) is 15.3 Å². The van der Waals surface area contributed by atoms with E-state index in [2.05, 4.69) is 15.3 Å². The minimum atomic E-state index is -0.191. The second-order valence-corrected chi connectivity index (χ2v) is 7.81. The largest absolute Gasteiger partial charge is 0.363 e. The molecule has 0 aliphatic carbocycles. The Kier molecular flexibility index (Phi) is 5.13. The molecule has 5 nitrogen and oxygen atoms in total. The van der Waals surface area contributed by atoms with E-state index in [1.165, 1.54) is 22.7 Å². The highest BCUT2D eigenvalue weighted by Crippen LogP contribution is 2.32. The molecule has 0 fully saturated rings. The number of carbonyl (C=O) groups is 1. The Morgan fingerprint density at radius 3 is 2.88 bits per heavy atom. The first kappa shape index (κ1) is 16.9. The smallest absolute Gasteiger partial charge is 0.271 e. The summed E-state index contributed by atoms with van der Waals surface area (Å²) in [6.45, 7) is 0.430. The second kappa shape index (κ2) is 7.29. The Labute approximate surface area is 152 Å². The molecule has 3 aromatic heterocycles. The quantitative estimate of drug-likeness (QED) is 0.731. The van der Waals surface area contributed by atoms with Crippen molar-refractivity contribution >= 4 is 46.0 Å². The van der Waals surface area contributed by atoms with Gasteiger partial charge in [0.05, 0.1) is 9.21 Å². The number of thiazole rings is 1. The molecule has 0 atom stereocenters. The molecule has 0 spiro atoms. The van der Waals surface area contributed by atoms with Crippen molar-refractivity contribution in [3.05, 3.63) is 51.4 Å². The van der Waals surface area contributed by atoms with Crippen molar-refractivity contribution in [3.63, 3.8) is 0 Å². The van der Waals surface area contributed by atoms with Gasteiger partial charge in [-0.25, -0.2) is 9.97 Å². The van der Waals surface area contributed by atoms with Gasteiger partial charge in [-0.3, -0.25) is 4.79 Å². The summed E-state index contributed by atoms with van der Waals surface area (Å²) >= 11 is 8.83. The summed E-state index contributed by atoms with van der Waals surface area (Å²) in [7, 11) is 3.86. The topological polar surface area (TPSA) is 58.1 Å². The first-order chi connectivity index (χ1) is 11.5. The van der Waals surface area contributed by atoms with Crippen molar-refractivity contribution in [2.75, 3.05) is 19.0 Å². The van der Waals surface area contributed by atoms with Crippen molar-refractivity contribution < 1.29 is 4.79 Å². The van der Waals surface area contributed by atoms with Crippen LogP contribution < -0.4 is 10.2 Å². The number of amides is 1. The van der Waals surface area contributed by atoms with Crippen LogP contribution in [0.4, 0.5) is 5.82 Å². The summed E-state index contributed by atoms with van der Waals surface area (Å²) in [5, 5.41) is 5.45. The predicted molar refractivity (Wildman–Crippen MR) is 100 cm³/mol. The van der Waals surface area contributed by atoms with Crippen molar-refractivity contribution in [2.45, 2.75) is 6.54 Å². The van der Waals surface area contributed by atoms with Crippen LogP contribution in [0.5, 0.6) is 0 Å². The first-order valence-corrected chi connectivity index (χ1v) is 9.22. The van der Waals surface area contributed by atoms with E-state index in [9.17, 15) is 4.79 Å². The van der Waals surface area contributed by atoms with E-state index in [1.807, 2.05) is 43.3 Å². The number of hydrogen-bond acceptors (Lipinski definition) is 6. The van der Waals surface area contributed by atoms with Gasteiger partial charge < -0.3 is 10.2 Å². The lowest BCUT2D eigenvalue weighted by atomic mass is 10.2. The first-order valence-electron chi connectivity index (χ1n) is 7.14. The predicted octanol–water partition coefficient (Wildman–Crippen LogP) is 3.92. The van der Waals surface area contributed by atoms with E-state index >= 15 is 0 Å². The normalized spacial score (nSPS) is 10.6. The van der Waals surface area contributed by atoms with Gasteiger partial charge in [-0.2, -0.15) is 0 Å². The van der Waals surface area contributed by atoms with Crippen LogP contribution in [0.3, 0.4) is 0 Å². The highest BCUT2D eigenvalue weighted by molar-refractivity contribution is 7.23. The van der Waals surface area contributed by atoms with Crippen molar-refractivity contribution in [1.29, 1.82) is 0 Å². The highest BCUT2D eigenvalue weighted by Gasteiger charge is 2.13. The van der Waals surface area contributed by atoms with Gasteiger partial charge in [0, 0.05) is 32.2 Å². The van der Waals surface area contributed by atoms with Crippen molar-refractivity contribution in [2.24, 2.45) is 0 Å². The van der Waals surface area contributed by atoms with Crippen LogP contribution in [0.1, 0.15) is 16.1 Å². The number of halogens is 1. The van der Waals surface area contributed by atoms with Gasteiger partial charge in [-0.1, -0.05) is 11.6 Å². The average molecular weight is 379 g/mol. The molecular formula is C16H15ClN4OS2. The number of nitrogens with zero attached hydrogens (tertiary/aromatic N) is 3. The summed E-state index contributed by atoms with van der Waals surface area (Å²) in [5.41, 5.74) is 1.41. The van der Waals surface area contributed by atoms with Crippen LogP contribution in [0.25, 0.3) is 9.88 Å². The maximum atomic E-state index is 12.3. The Hall–Kier alpha value is -1.96. The van der Waals surface area contributed by atoms with E-state index in [0.29, 0.717) is 16.6 Å². The zero-order valence-electron chi connectivity index (χ0n) is 13.1. The van der Waals surface area contributed by atoms with Crippen LogP contribution >= 0.6 is 34.3 Å². The minimum Gasteiger partial charge on any atom is -0.363 e. The molecule has 0 aliphatic heterocycles. The second-order valence-electron chi connectivity index (χ2n) is 5.24. The maximum Gasteiger partial charge on any atom is 0.271 e. The fraction of sp³-hybridized carbons (Fsp3) is 0.188. The molecular weight excluding hydrogens is 364 g/mol. The summed E-state index contributed by atoms with van der Waals surface area (Å²) in [6, 6.07) is 7.57. The molecule has 0 saturated carbocycles. The average Bonchev–Trinajstić information content (AvgIpc) is 3.21. The number of aromatic nitrogens is 2. The monoisotopic (exact) mass is 378 g/mol. The van der Waals surface area contributed by atoms with Gasteiger partial charge in [0.15, 0.2) is 0 Å². The zero-order valence-corrected chi connectivity index (χ0v) is 15.5. The number of anilines is 1. The fourth-order valence-corrected chi connectivity index (χ4v) is 3.92. The lowest BCUT2D eigenvalue weighted by Gasteiger charge is -2.12. The van der Waals surface area contributed by atoms with E-state index < -0.39 is 0 Å². The molecule has 0 unspecified atom stereocenters. The molecule has 1 amide bonds. The summed E-state index contributed by atoms with van der Waals surface area (Å²) in [6.07, 6.45) is 1.73. The van der Waals surface area contributed by atoms with Crippen LogP contribution in [0.2, 0.25) is 4.34 Å². The van der Waals surface area contributed by atoms with Crippen molar-refractivity contribution in [3.8, 4) is 9.88 Å². The summed E-state index contributed by atoms with van der Waals surface area (Å²) in [5.74, 6) is 0.663. The third kappa shape index (κ3) is 3.92. The van der Waals surface area contributed by atoms with E-state index in [4.69, 9.17) is 11.6 Å². The van der Waals surface area contributed by atoms with Gasteiger partial charge in [-0.05, 0) is 29.8 Å². The molecule has 0 bridgehead atoms. The molecule has 8 heteroatoms. The van der Waals surface area contributed by atoms with Gasteiger partial charge in [0.25, 0.3) is 5.91 Å². The molecule has 3 heterocycles. The SMILES string of the molecule is CN(C)c1cc(CNC(=O)c2csc(-c3ccc(Cl)s3)n2)ccn1. The summed E-state index contributed by atoms with van der Waals surface area (Å²) < 4.78 is 0.709. The lowest BCUT2D eigenvalue weighted by Crippen LogP contribution is -2.23. The Morgan fingerprint density at radius 2 is 2.17 bits per heavy atom. The molecule has 1 N–H and O–H groups in total. The Balaban J connectivity index is 1.65. The maximum absolute atomic E-state index is 12.3.